The van der Waals surface area contributed by atoms with E-state index in [1.54, 1.807) is 6.07 Å². The van der Waals surface area contributed by atoms with Crippen LogP contribution in [-0.4, -0.2) is 52.7 Å². The monoisotopic (exact) mass is 319 g/mol. The number of pyridine rings is 1. The van der Waals surface area contributed by atoms with Crippen molar-refractivity contribution in [3.8, 4) is 5.75 Å². The van der Waals surface area contributed by atoms with Crippen molar-refractivity contribution >= 4 is 0 Å². The second-order valence-corrected chi connectivity index (χ2v) is 7.19. The SMILES string of the molecule is Cc1cc(=O)c(O)c(CN2CCN(C)CC2)n1C1CCCCC1. The summed E-state index contributed by atoms with van der Waals surface area (Å²) in [7, 11) is 2.14. The first-order valence-electron chi connectivity index (χ1n) is 8.91. The average Bonchev–Trinajstić information content (AvgIpc) is 2.55. The van der Waals surface area contributed by atoms with E-state index in [1.165, 1.54) is 19.3 Å². The minimum Gasteiger partial charge on any atom is -0.503 e. The average molecular weight is 319 g/mol. The molecule has 0 aromatic carbocycles. The van der Waals surface area contributed by atoms with Crippen molar-refractivity contribution in [3.63, 3.8) is 0 Å². The van der Waals surface area contributed by atoms with E-state index in [4.69, 9.17) is 0 Å². The Bertz CT molecular complexity index is 597. The van der Waals surface area contributed by atoms with E-state index in [1.807, 2.05) is 6.92 Å². The predicted octanol–water partition coefficient (Wildman–Crippen LogP) is 2.11. The van der Waals surface area contributed by atoms with Gasteiger partial charge in [-0.15, -0.1) is 0 Å². The summed E-state index contributed by atoms with van der Waals surface area (Å²) in [6.07, 6.45) is 6.09. The van der Waals surface area contributed by atoms with Crippen LogP contribution in [0.4, 0.5) is 0 Å². The van der Waals surface area contributed by atoms with E-state index in [0.29, 0.717) is 12.6 Å². The molecule has 23 heavy (non-hydrogen) atoms. The number of rotatable bonds is 3. The molecule has 1 aliphatic carbocycles. The number of hydrogen-bond acceptors (Lipinski definition) is 4. The number of aromatic nitrogens is 1. The fraction of sp³-hybridized carbons (Fsp3) is 0.722. The maximum absolute atomic E-state index is 12.1. The quantitative estimate of drug-likeness (QED) is 0.927. The Morgan fingerprint density at radius 2 is 1.78 bits per heavy atom. The summed E-state index contributed by atoms with van der Waals surface area (Å²) in [5.41, 5.74) is 1.58. The van der Waals surface area contributed by atoms with Crippen LogP contribution in [0.1, 0.15) is 49.5 Å². The molecule has 1 aromatic rings. The maximum Gasteiger partial charge on any atom is 0.223 e. The highest BCUT2D eigenvalue weighted by Gasteiger charge is 2.24. The van der Waals surface area contributed by atoms with E-state index < -0.39 is 0 Å². The first-order chi connectivity index (χ1) is 11.1. The molecular formula is C18H29N3O2. The van der Waals surface area contributed by atoms with Gasteiger partial charge in [0.05, 0.1) is 5.69 Å². The lowest BCUT2D eigenvalue weighted by Crippen LogP contribution is -2.44. The van der Waals surface area contributed by atoms with Gasteiger partial charge < -0.3 is 14.6 Å². The third-order valence-electron chi connectivity index (χ3n) is 5.43. The van der Waals surface area contributed by atoms with Crippen molar-refractivity contribution < 1.29 is 5.11 Å². The molecule has 1 saturated carbocycles. The molecule has 0 bridgehead atoms. The minimum atomic E-state index is -0.237. The van der Waals surface area contributed by atoms with Gasteiger partial charge >= 0.3 is 0 Å². The molecule has 0 atom stereocenters. The van der Waals surface area contributed by atoms with Crippen LogP contribution in [0.3, 0.4) is 0 Å². The lowest BCUT2D eigenvalue weighted by atomic mass is 9.94. The lowest BCUT2D eigenvalue weighted by molar-refractivity contribution is 0.142. The first kappa shape index (κ1) is 16.5. The summed E-state index contributed by atoms with van der Waals surface area (Å²) in [6.45, 7) is 6.74. The molecule has 5 nitrogen and oxygen atoms in total. The summed E-state index contributed by atoms with van der Waals surface area (Å²) >= 11 is 0. The first-order valence-corrected chi connectivity index (χ1v) is 8.91. The molecule has 128 valence electrons. The van der Waals surface area contributed by atoms with Crippen LogP contribution in [0.2, 0.25) is 0 Å². The summed E-state index contributed by atoms with van der Waals surface area (Å²) in [5, 5.41) is 10.4. The normalized spacial score (nSPS) is 21.7. The van der Waals surface area contributed by atoms with Crippen molar-refractivity contribution in [2.45, 2.75) is 51.6 Å². The Morgan fingerprint density at radius 3 is 2.43 bits per heavy atom. The molecule has 0 amide bonds. The molecule has 0 radical (unpaired) electrons. The summed E-state index contributed by atoms with van der Waals surface area (Å²) in [6, 6.07) is 2.02. The molecule has 5 heteroatoms. The van der Waals surface area contributed by atoms with Crippen LogP contribution >= 0.6 is 0 Å². The molecule has 2 heterocycles. The van der Waals surface area contributed by atoms with Gasteiger partial charge in [0.1, 0.15) is 0 Å². The van der Waals surface area contributed by atoms with Crippen LogP contribution in [-0.2, 0) is 6.54 Å². The predicted molar refractivity (Wildman–Crippen MR) is 92.0 cm³/mol. The molecule has 0 spiro atoms. The fourth-order valence-corrected chi connectivity index (χ4v) is 4.01. The molecule has 2 aliphatic rings. The van der Waals surface area contributed by atoms with Crippen LogP contribution in [0.5, 0.6) is 5.75 Å². The Balaban J connectivity index is 1.91. The second-order valence-electron chi connectivity index (χ2n) is 7.19. The number of aromatic hydroxyl groups is 1. The van der Waals surface area contributed by atoms with Gasteiger partial charge in [-0.2, -0.15) is 0 Å². The van der Waals surface area contributed by atoms with Gasteiger partial charge in [0.25, 0.3) is 0 Å². The molecule has 1 aliphatic heterocycles. The number of likely N-dealkylation sites (N-methyl/N-ethyl adjacent to an activating group) is 1. The van der Waals surface area contributed by atoms with E-state index in [2.05, 4.69) is 21.4 Å². The Morgan fingerprint density at radius 1 is 1.13 bits per heavy atom. The Labute approximate surface area is 138 Å². The van der Waals surface area contributed by atoms with Crippen molar-refractivity contribution in [1.82, 2.24) is 14.4 Å². The highest BCUT2D eigenvalue weighted by molar-refractivity contribution is 5.30. The number of hydrogen-bond donors (Lipinski definition) is 1. The van der Waals surface area contributed by atoms with Crippen LogP contribution < -0.4 is 5.43 Å². The zero-order valence-corrected chi connectivity index (χ0v) is 14.4. The fourth-order valence-electron chi connectivity index (χ4n) is 4.01. The standard InChI is InChI=1S/C18H29N3O2/c1-14-12-17(22)18(23)16(13-20-10-8-19(2)9-11-20)21(14)15-6-4-3-5-7-15/h12,15,23H,3-11,13H2,1-2H3. The highest BCUT2D eigenvalue weighted by Crippen LogP contribution is 2.32. The molecule has 3 rings (SSSR count). The zero-order chi connectivity index (χ0) is 16.4. The van der Waals surface area contributed by atoms with Gasteiger partial charge in [0.15, 0.2) is 5.75 Å². The summed E-state index contributed by atoms with van der Waals surface area (Å²) in [4.78, 5) is 16.8. The van der Waals surface area contributed by atoms with E-state index in [9.17, 15) is 9.90 Å². The van der Waals surface area contributed by atoms with Crippen molar-refractivity contribution in [1.29, 1.82) is 0 Å². The zero-order valence-electron chi connectivity index (χ0n) is 14.4. The van der Waals surface area contributed by atoms with Crippen LogP contribution in [0.15, 0.2) is 10.9 Å². The Hall–Kier alpha value is -1.33. The van der Waals surface area contributed by atoms with Gasteiger partial charge in [0.2, 0.25) is 5.43 Å². The number of piperazine rings is 1. The molecular weight excluding hydrogens is 290 g/mol. The maximum atomic E-state index is 12.1. The molecule has 1 N–H and O–H groups in total. The third kappa shape index (κ3) is 3.61. The lowest BCUT2D eigenvalue weighted by Gasteiger charge is -2.35. The van der Waals surface area contributed by atoms with Crippen molar-refractivity contribution in [2.75, 3.05) is 33.2 Å². The van der Waals surface area contributed by atoms with Gasteiger partial charge in [-0.05, 0) is 26.8 Å². The minimum absolute atomic E-state index is 0.0416. The highest BCUT2D eigenvalue weighted by atomic mass is 16.3. The summed E-state index contributed by atoms with van der Waals surface area (Å²) in [5.74, 6) is -0.0416. The topological polar surface area (TPSA) is 48.7 Å². The second kappa shape index (κ2) is 7.05. The van der Waals surface area contributed by atoms with E-state index in [0.717, 1.165) is 50.4 Å². The summed E-state index contributed by atoms with van der Waals surface area (Å²) < 4.78 is 2.26. The van der Waals surface area contributed by atoms with Gasteiger partial charge in [-0.3, -0.25) is 9.69 Å². The van der Waals surface area contributed by atoms with Crippen molar-refractivity contribution in [3.05, 3.63) is 27.7 Å². The van der Waals surface area contributed by atoms with E-state index >= 15 is 0 Å². The van der Waals surface area contributed by atoms with Crippen LogP contribution in [0, 0.1) is 6.92 Å². The van der Waals surface area contributed by atoms with Crippen LogP contribution in [0.25, 0.3) is 0 Å². The number of nitrogens with zero attached hydrogens (tertiary/aromatic N) is 3. The largest absolute Gasteiger partial charge is 0.503 e. The number of aryl methyl sites for hydroxylation is 1. The van der Waals surface area contributed by atoms with Gasteiger partial charge in [0, 0.05) is 50.5 Å². The molecule has 2 fully saturated rings. The smallest absolute Gasteiger partial charge is 0.223 e. The molecule has 1 aromatic heterocycles. The third-order valence-corrected chi connectivity index (χ3v) is 5.43. The van der Waals surface area contributed by atoms with Gasteiger partial charge in [-0.25, -0.2) is 0 Å². The molecule has 1 saturated heterocycles. The molecule has 0 unspecified atom stereocenters. The Kier molecular flexibility index (Phi) is 5.07. The van der Waals surface area contributed by atoms with Gasteiger partial charge in [-0.1, -0.05) is 19.3 Å². The van der Waals surface area contributed by atoms with E-state index in [-0.39, 0.29) is 11.2 Å². The van der Waals surface area contributed by atoms with Crippen molar-refractivity contribution in [2.24, 2.45) is 0 Å².